The van der Waals surface area contributed by atoms with E-state index in [1.54, 1.807) is 0 Å². The van der Waals surface area contributed by atoms with Crippen LogP contribution in [0.1, 0.15) is 19.8 Å². The molecule has 3 N–H and O–H groups in total. The van der Waals surface area contributed by atoms with E-state index in [4.69, 9.17) is 10.2 Å². The highest BCUT2D eigenvalue weighted by molar-refractivity contribution is 4.49. The lowest BCUT2D eigenvalue weighted by Crippen LogP contribution is -2.32. The minimum absolute atomic E-state index is 0.205. The van der Waals surface area contributed by atoms with E-state index in [-0.39, 0.29) is 6.61 Å². The number of hydrogen-bond donors (Lipinski definition) is 3. The van der Waals surface area contributed by atoms with Crippen LogP contribution in [0.25, 0.3) is 0 Å². The number of aliphatic hydroxyl groups excluding tert-OH is 2. The van der Waals surface area contributed by atoms with Gasteiger partial charge in [0.1, 0.15) is 6.23 Å². The van der Waals surface area contributed by atoms with Crippen molar-refractivity contribution >= 4 is 0 Å². The number of nitrogens with one attached hydrogen (secondary N) is 1. The largest absolute Gasteiger partial charge is 0.392 e. The van der Waals surface area contributed by atoms with Gasteiger partial charge in [-0.05, 0) is 13.0 Å². The Morgan fingerprint density at radius 3 is 2.67 bits per heavy atom. The molecule has 3 heteroatoms. The second-order valence-corrected chi connectivity index (χ2v) is 2.01. The molecule has 0 amide bonds. The first-order valence-electron chi connectivity index (χ1n) is 3.33. The summed E-state index contributed by atoms with van der Waals surface area (Å²) < 4.78 is 0. The smallest absolute Gasteiger partial charge is 0.128 e. The van der Waals surface area contributed by atoms with Crippen LogP contribution in [0.3, 0.4) is 0 Å². The predicted molar refractivity (Wildman–Crippen MR) is 36.0 cm³/mol. The Labute approximate surface area is 55.7 Å². The zero-order valence-electron chi connectivity index (χ0n) is 5.80. The molecule has 0 heterocycles. The molecule has 0 aromatic rings. The van der Waals surface area contributed by atoms with Crippen molar-refractivity contribution in [3.63, 3.8) is 0 Å². The number of hydrogen-bond acceptors (Lipinski definition) is 3. The zero-order valence-corrected chi connectivity index (χ0v) is 5.80. The Hall–Kier alpha value is -0.120. The lowest BCUT2D eigenvalue weighted by atomic mass is 10.3. The van der Waals surface area contributed by atoms with E-state index in [9.17, 15) is 0 Å². The first-order chi connectivity index (χ1) is 4.31. The first kappa shape index (κ1) is 8.88. The third-order valence-corrected chi connectivity index (χ3v) is 1.08. The molecule has 9 heavy (non-hydrogen) atoms. The van der Waals surface area contributed by atoms with Crippen molar-refractivity contribution in [1.82, 2.24) is 5.32 Å². The van der Waals surface area contributed by atoms with Gasteiger partial charge in [0.25, 0.3) is 0 Å². The van der Waals surface area contributed by atoms with Crippen LogP contribution in [0, 0.1) is 0 Å². The molecule has 0 bridgehead atoms. The van der Waals surface area contributed by atoms with Crippen molar-refractivity contribution in [1.29, 1.82) is 0 Å². The standard InChI is InChI=1S/C6H15NO2/c1-2-3-4-7-6(9)5-8/h6-9H,2-5H2,1H3. The molecule has 0 radical (unpaired) electrons. The van der Waals surface area contributed by atoms with Gasteiger partial charge in [0.15, 0.2) is 0 Å². The molecule has 0 fully saturated rings. The summed E-state index contributed by atoms with van der Waals surface area (Å²) in [6.07, 6.45) is 1.40. The third-order valence-electron chi connectivity index (χ3n) is 1.08. The molecule has 3 nitrogen and oxygen atoms in total. The van der Waals surface area contributed by atoms with Gasteiger partial charge in [-0.1, -0.05) is 13.3 Å². The van der Waals surface area contributed by atoms with Crippen molar-refractivity contribution in [2.24, 2.45) is 0 Å². The normalized spacial score (nSPS) is 13.7. The van der Waals surface area contributed by atoms with Crippen LogP contribution in [-0.2, 0) is 0 Å². The summed E-state index contributed by atoms with van der Waals surface area (Å²) >= 11 is 0. The van der Waals surface area contributed by atoms with E-state index < -0.39 is 6.23 Å². The number of aliphatic hydroxyl groups is 2. The minimum atomic E-state index is -0.739. The summed E-state index contributed by atoms with van der Waals surface area (Å²) in [6.45, 7) is 2.65. The maximum Gasteiger partial charge on any atom is 0.128 e. The average molecular weight is 133 g/mol. The second-order valence-electron chi connectivity index (χ2n) is 2.01. The molecular weight excluding hydrogens is 118 g/mol. The van der Waals surface area contributed by atoms with Gasteiger partial charge in [0.2, 0.25) is 0 Å². The molecule has 1 unspecified atom stereocenters. The lowest BCUT2D eigenvalue weighted by Gasteiger charge is -2.07. The molecule has 0 saturated carbocycles. The Balaban J connectivity index is 2.88. The Bertz CT molecular complexity index is 59.0. The van der Waals surface area contributed by atoms with E-state index in [2.05, 4.69) is 12.2 Å². The van der Waals surface area contributed by atoms with Gasteiger partial charge in [-0.25, -0.2) is 0 Å². The highest BCUT2D eigenvalue weighted by atomic mass is 16.3. The molecular formula is C6H15NO2. The molecule has 1 atom stereocenters. The SMILES string of the molecule is CCCCNC(O)CO. The van der Waals surface area contributed by atoms with Crippen LogP contribution in [0.15, 0.2) is 0 Å². The van der Waals surface area contributed by atoms with E-state index in [0.29, 0.717) is 0 Å². The van der Waals surface area contributed by atoms with Crippen LogP contribution in [0.2, 0.25) is 0 Å². The van der Waals surface area contributed by atoms with Crippen LogP contribution in [0.5, 0.6) is 0 Å². The highest BCUT2D eigenvalue weighted by Crippen LogP contribution is 1.83. The molecule has 0 aliphatic carbocycles. The van der Waals surface area contributed by atoms with Gasteiger partial charge < -0.3 is 10.2 Å². The topological polar surface area (TPSA) is 52.5 Å². The minimum Gasteiger partial charge on any atom is -0.392 e. The van der Waals surface area contributed by atoms with E-state index >= 15 is 0 Å². The van der Waals surface area contributed by atoms with Crippen molar-refractivity contribution in [2.45, 2.75) is 26.0 Å². The van der Waals surface area contributed by atoms with Gasteiger partial charge in [0.05, 0.1) is 6.61 Å². The molecule has 0 aliphatic heterocycles. The van der Waals surface area contributed by atoms with Crippen molar-refractivity contribution in [2.75, 3.05) is 13.2 Å². The zero-order chi connectivity index (χ0) is 7.11. The van der Waals surface area contributed by atoms with Crippen LogP contribution < -0.4 is 5.32 Å². The average Bonchev–Trinajstić information content (AvgIpc) is 1.89. The van der Waals surface area contributed by atoms with Crippen molar-refractivity contribution in [3.8, 4) is 0 Å². The van der Waals surface area contributed by atoms with Gasteiger partial charge in [-0.3, -0.25) is 5.32 Å². The van der Waals surface area contributed by atoms with E-state index in [1.165, 1.54) is 0 Å². The fourth-order valence-corrected chi connectivity index (χ4v) is 0.510. The summed E-state index contributed by atoms with van der Waals surface area (Å²) in [7, 11) is 0. The van der Waals surface area contributed by atoms with Crippen LogP contribution in [-0.4, -0.2) is 29.6 Å². The first-order valence-corrected chi connectivity index (χ1v) is 3.33. The Kier molecular flexibility index (Phi) is 5.93. The molecule has 0 saturated heterocycles. The number of unbranched alkanes of at least 4 members (excludes halogenated alkanes) is 1. The van der Waals surface area contributed by atoms with Crippen molar-refractivity contribution < 1.29 is 10.2 Å². The highest BCUT2D eigenvalue weighted by Gasteiger charge is 1.96. The number of rotatable bonds is 5. The Morgan fingerprint density at radius 2 is 2.22 bits per heavy atom. The quantitative estimate of drug-likeness (QED) is 0.356. The third kappa shape index (κ3) is 5.76. The maximum atomic E-state index is 8.72. The van der Waals surface area contributed by atoms with E-state index in [1.807, 2.05) is 0 Å². The molecule has 0 rings (SSSR count). The molecule has 0 aliphatic rings. The van der Waals surface area contributed by atoms with Gasteiger partial charge in [-0.2, -0.15) is 0 Å². The van der Waals surface area contributed by atoms with Crippen molar-refractivity contribution in [3.05, 3.63) is 0 Å². The summed E-state index contributed by atoms with van der Waals surface area (Å²) in [4.78, 5) is 0. The summed E-state index contributed by atoms with van der Waals surface area (Å²) in [5, 5.41) is 19.8. The van der Waals surface area contributed by atoms with Crippen LogP contribution in [0.4, 0.5) is 0 Å². The molecule has 0 spiro atoms. The second kappa shape index (κ2) is 6.01. The van der Waals surface area contributed by atoms with Gasteiger partial charge >= 0.3 is 0 Å². The fraction of sp³-hybridized carbons (Fsp3) is 1.00. The summed E-state index contributed by atoms with van der Waals surface area (Å²) in [6, 6.07) is 0. The summed E-state index contributed by atoms with van der Waals surface area (Å²) in [5.41, 5.74) is 0. The Morgan fingerprint density at radius 1 is 1.56 bits per heavy atom. The predicted octanol–water partition coefficient (Wildman–Crippen LogP) is -0.313. The molecule has 0 aromatic carbocycles. The maximum absolute atomic E-state index is 8.72. The monoisotopic (exact) mass is 133 g/mol. The summed E-state index contributed by atoms with van der Waals surface area (Å²) in [5.74, 6) is 0. The van der Waals surface area contributed by atoms with Crippen LogP contribution >= 0.6 is 0 Å². The van der Waals surface area contributed by atoms with Gasteiger partial charge in [0, 0.05) is 0 Å². The molecule has 56 valence electrons. The molecule has 0 aromatic heterocycles. The van der Waals surface area contributed by atoms with Gasteiger partial charge in [-0.15, -0.1) is 0 Å². The van der Waals surface area contributed by atoms with E-state index in [0.717, 1.165) is 19.4 Å². The fourth-order valence-electron chi connectivity index (χ4n) is 0.510. The lowest BCUT2D eigenvalue weighted by molar-refractivity contribution is 0.0680.